The lowest BCUT2D eigenvalue weighted by Crippen LogP contribution is -2.45. The quantitative estimate of drug-likeness (QED) is 0.638. The molecule has 166 valence electrons. The van der Waals surface area contributed by atoms with Crippen molar-refractivity contribution < 1.29 is 22.7 Å². The lowest BCUT2D eigenvalue weighted by atomic mass is 9.97. The number of carbonyl (C=O) groups is 2. The Labute approximate surface area is 178 Å². The summed E-state index contributed by atoms with van der Waals surface area (Å²) in [5.74, 6) is -0.645. The van der Waals surface area contributed by atoms with Gasteiger partial charge in [-0.1, -0.05) is 18.2 Å². The van der Waals surface area contributed by atoms with Crippen LogP contribution in [0.4, 0.5) is 10.5 Å². The fraction of sp³-hybridized carbons (Fsp3) is 0.524. The van der Waals surface area contributed by atoms with E-state index in [2.05, 4.69) is 16.6 Å². The SMILES string of the molecule is C=CCNS(=O)(=O)Cc1ccc(NC(=O)C2CCCN(C(=O)OC(C)(C)C)C2)cc1. The molecule has 0 radical (unpaired) electrons. The minimum Gasteiger partial charge on any atom is -0.444 e. The Balaban J connectivity index is 1.92. The number of nitrogens with zero attached hydrogens (tertiary/aromatic N) is 1. The van der Waals surface area contributed by atoms with Gasteiger partial charge in [0.15, 0.2) is 0 Å². The topological polar surface area (TPSA) is 105 Å². The van der Waals surface area contributed by atoms with E-state index in [1.54, 1.807) is 29.2 Å². The Kier molecular flexibility index (Phi) is 8.03. The maximum absolute atomic E-state index is 12.6. The molecule has 2 rings (SSSR count). The van der Waals surface area contributed by atoms with Gasteiger partial charge in [-0.3, -0.25) is 4.79 Å². The van der Waals surface area contributed by atoms with Crippen LogP contribution in [0, 0.1) is 5.92 Å². The summed E-state index contributed by atoms with van der Waals surface area (Å²) in [5.41, 5.74) is 0.607. The first-order chi connectivity index (χ1) is 14.0. The molecule has 0 aliphatic carbocycles. The highest BCUT2D eigenvalue weighted by atomic mass is 32.2. The van der Waals surface area contributed by atoms with Gasteiger partial charge in [0.05, 0.1) is 11.7 Å². The predicted molar refractivity (Wildman–Crippen MR) is 116 cm³/mol. The maximum atomic E-state index is 12.6. The van der Waals surface area contributed by atoms with Crippen LogP contribution in [-0.4, -0.2) is 50.6 Å². The van der Waals surface area contributed by atoms with Crippen LogP contribution >= 0.6 is 0 Å². The van der Waals surface area contributed by atoms with Crippen molar-refractivity contribution in [3.8, 4) is 0 Å². The summed E-state index contributed by atoms with van der Waals surface area (Å²) < 4.78 is 31.7. The number of nitrogens with one attached hydrogen (secondary N) is 2. The van der Waals surface area contributed by atoms with Gasteiger partial charge >= 0.3 is 6.09 Å². The largest absolute Gasteiger partial charge is 0.444 e. The Hall–Kier alpha value is -2.39. The van der Waals surface area contributed by atoms with E-state index in [0.717, 1.165) is 6.42 Å². The van der Waals surface area contributed by atoms with Crippen LogP contribution in [0.1, 0.15) is 39.2 Å². The monoisotopic (exact) mass is 437 g/mol. The molecule has 1 aromatic carbocycles. The fourth-order valence-electron chi connectivity index (χ4n) is 3.07. The summed E-state index contributed by atoms with van der Waals surface area (Å²) in [7, 11) is -3.44. The van der Waals surface area contributed by atoms with Gasteiger partial charge in [-0.05, 0) is 51.3 Å². The predicted octanol–water partition coefficient (Wildman–Crippen LogP) is 2.88. The molecule has 1 fully saturated rings. The molecule has 0 spiro atoms. The number of carbonyl (C=O) groups excluding carboxylic acids is 2. The Bertz CT molecular complexity index is 860. The number of hydrogen-bond donors (Lipinski definition) is 2. The molecule has 0 saturated carbocycles. The van der Waals surface area contributed by atoms with Crippen molar-refractivity contribution >= 4 is 27.7 Å². The standard InChI is InChI=1S/C21H31N3O5S/c1-5-12-22-30(27,28)15-16-8-10-18(11-9-16)23-19(25)17-7-6-13-24(14-17)20(26)29-21(2,3)4/h5,8-11,17,22H,1,6-7,12-15H2,2-4H3,(H,23,25). The lowest BCUT2D eigenvalue weighted by molar-refractivity contribution is -0.121. The number of piperidine rings is 1. The van der Waals surface area contributed by atoms with Crippen molar-refractivity contribution in [1.29, 1.82) is 0 Å². The van der Waals surface area contributed by atoms with Gasteiger partial charge in [-0.25, -0.2) is 17.9 Å². The average molecular weight is 438 g/mol. The van der Waals surface area contributed by atoms with Gasteiger partial charge in [0.2, 0.25) is 15.9 Å². The van der Waals surface area contributed by atoms with Crippen LogP contribution in [0.25, 0.3) is 0 Å². The number of anilines is 1. The summed E-state index contributed by atoms with van der Waals surface area (Å²) in [6.07, 6.45) is 2.49. The highest BCUT2D eigenvalue weighted by molar-refractivity contribution is 7.88. The number of hydrogen-bond acceptors (Lipinski definition) is 5. The maximum Gasteiger partial charge on any atom is 0.410 e. The van der Waals surface area contributed by atoms with Crippen LogP contribution in [0.2, 0.25) is 0 Å². The average Bonchev–Trinajstić information content (AvgIpc) is 2.66. The first kappa shape index (κ1) is 23.9. The molecule has 2 amide bonds. The summed E-state index contributed by atoms with van der Waals surface area (Å²) in [6.45, 7) is 9.97. The van der Waals surface area contributed by atoms with E-state index in [9.17, 15) is 18.0 Å². The van der Waals surface area contributed by atoms with Crippen LogP contribution in [-0.2, 0) is 25.3 Å². The number of amides is 2. The van der Waals surface area contributed by atoms with Crippen molar-refractivity contribution in [2.24, 2.45) is 5.92 Å². The normalized spacial score (nSPS) is 17.3. The Morgan fingerprint density at radius 1 is 1.27 bits per heavy atom. The van der Waals surface area contributed by atoms with E-state index in [1.165, 1.54) is 6.08 Å². The van der Waals surface area contributed by atoms with E-state index >= 15 is 0 Å². The molecule has 1 heterocycles. The van der Waals surface area contributed by atoms with Crippen LogP contribution < -0.4 is 10.0 Å². The lowest BCUT2D eigenvalue weighted by Gasteiger charge is -2.33. The van der Waals surface area contributed by atoms with E-state index in [1.807, 2.05) is 20.8 Å². The van der Waals surface area contributed by atoms with Crippen molar-refractivity contribution in [2.45, 2.75) is 45.0 Å². The molecule has 1 aliphatic heterocycles. The van der Waals surface area contributed by atoms with Gasteiger partial charge in [-0.15, -0.1) is 6.58 Å². The molecular weight excluding hydrogens is 406 g/mol. The third-order valence-electron chi connectivity index (χ3n) is 4.47. The van der Waals surface area contributed by atoms with E-state index in [0.29, 0.717) is 30.8 Å². The van der Waals surface area contributed by atoms with Gasteiger partial charge in [0.1, 0.15) is 5.60 Å². The molecule has 8 nitrogen and oxygen atoms in total. The molecular formula is C21H31N3O5S. The molecule has 1 aromatic rings. The second kappa shape index (κ2) is 10.1. The Morgan fingerprint density at radius 2 is 1.93 bits per heavy atom. The van der Waals surface area contributed by atoms with Gasteiger partial charge in [0, 0.05) is 25.3 Å². The molecule has 0 bridgehead atoms. The molecule has 1 aliphatic rings. The number of rotatable bonds is 7. The highest BCUT2D eigenvalue weighted by Gasteiger charge is 2.31. The van der Waals surface area contributed by atoms with Crippen LogP contribution in [0.5, 0.6) is 0 Å². The van der Waals surface area contributed by atoms with Crippen LogP contribution in [0.3, 0.4) is 0 Å². The molecule has 0 aromatic heterocycles. The fourth-order valence-corrected chi connectivity index (χ4v) is 4.17. The minimum atomic E-state index is -3.44. The first-order valence-corrected chi connectivity index (χ1v) is 11.6. The minimum absolute atomic E-state index is 0.150. The zero-order chi connectivity index (χ0) is 22.4. The van der Waals surface area contributed by atoms with Crippen molar-refractivity contribution in [2.75, 3.05) is 25.0 Å². The molecule has 30 heavy (non-hydrogen) atoms. The van der Waals surface area contributed by atoms with E-state index < -0.39 is 21.7 Å². The van der Waals surface area contributed by atoms with Crippen molar-refractivity contribution in [1.82, 2.24) is 9.62 Å². The molecule has 1 unspecified atom stereocenters. The zero-order valence-corrected chi connectivity index (χ0v) is 18.6. The highest BCUT2D eigenvalue weighted by Crippen LogP contribution is 2.21. The third kappa shape index (κ3) is 7.79. The van der Waals surface area contributed by atoms with E-state index in [-0.39, 0.29) is 24.1 Å². The van der Waals surface area contributed by atoms with Crippen LogP contribution in [0.15, 0.2) is 36.9 Å². The third-order valence-corrected chi connectivity index (χ3v) is 5.79. The van der Waals surface area contributed by atoms with Gasteiger partial charge < -0.3 is 15.0 Å². The second-order valence-corrected chi connectivity index (χ2v) is 10.2. The number of sulfonamides is 1. The first-order valence-electron chi connectivity index (χ1n) is 9.95. The summed E-state index contributed by atoms with van der Waals surface area (Å²) >= 11 is 0. The molecule has 1 atom stereocenters. The zero-order valence-electron chi connectivity index (χ0n) is 17.8. The van der Waals surface area contributed by atoms with Gasteiger partial charge in [0.25, 0.3) is 0 Å². The smallest absolute Gasteiger partial charge is 0.410 e. The summed E-state index contributed by atoms with van der Waals surface area (Å²) in [6, 6.07) is 6.67. The number of likely N-dealkylation sites (tertiary alicyclic amines) is 1. The second-order valence-electron chi connectivity index (χ2n) is 8.35. The molecule has 9 heteroatoms. The van der Waals surface area contributed by atoms with Crippen molar-refractivity contribution in [3.05, 3.63) is 42.5 Å². The molecule has 2 N–H and O–H groups in total. The number of benzene rings is 1. The summed E-state index contributed by atoms with van der Waals surface area (Å²) in [4.78, 5) is 26.5. The summed E-state index contributed by atoms with van der Waals surface area (Å²) in [5, 5.41) is 2.85. The van der Waals surface area contributed by atoms with Gasteiger partial charge in [-0.2, -0.15) is 0 Å². The number of ether oxygens (including phenoxy) is 1. The molecule has 1 saturated heterocycles. The van der Waals surface area contributed by atoms with Crippen molar-refractivity contribution in [3.63, 3.8) is 0 Å². The Morgan fingerprint density at radius 3 is 2.53 bits per heavy atom. The van der Waals surface area contributed by atoms with E-state index in [4.69, 9.17) is 4.74 Å².